The first-order valence-corrected chi connectivity index (χ1v) is 18.2. The van der Waals surface area contributed by atoms with Crippen molar-refractivity contribution in [1.29, 1.82) is 0 Å². The van der Waals surface area contributed by atoms with E-state index in [0.717, 1.165) is 0 Å². The quantitative estimate of drug-likeness (QED) is 0.0885. The lowest BCUT2D eigenvalue weighted by Crippen LogP contribution is -2.41. The van der Waals surface area contributed by atoms with Gasteiger partial charge in [0, 0.05) is 27.4 Å². The second-order valence-electron chi connectivity index (χ2n) is 12.8. The summed E-state index contributed by atoms with van der Waals surface area (Å²) >= 11 is 6.51. The lowest BCUT2D eigenvalue weighted by molar-refractivity contribution is -0.0505. The maximum absolute atomic E-state index is 12.5. The number of esters is 2. The second kappa shape index (κ2) is 19.1. The van der Waals surface area contributed by atoms with Crippen molar-refractivity contribution in [1.82, 2.24) is 29.9 Å². The molecule has 1 N–H and O–H groups in total. The molecule has 21 heteroatoms. The van der Waals surface area contributed by atoms with Crippen molar-refractivity contribution in [2.75, 3.05) is 14.2 Å². The van der Waals surface area contributed by atoms with Crippen molar-refractivity contribution < 1.29 is 55.4 Å². The fourth-order valence-corrected chi connectivity index (χ4v) is 6.15. The molecule has 7 rings (SSSR count). The van der Waals surface area contributed by atoms with Gasteiger partial charge in [-0.2, -0.15) is 27.8 Å². The highest BCUT2D eigenvalue weighted by atomic mass is 79.9. The van der Waals surface area contributed by atoms with Crippen LogP contribution in [0.15, 0.2) is 82.0 Å². The third-order valence-corrected chi connectivity index (χ3v) is 9.43. The van der Waals surface area contributed by atoms with E-state index in [0.29, 0.717) is 47.9 Å². The molecule has 0 unspecified atom stereocenters. The maximum Gasteiger partial charge on any atom is 0.495 e. The molecule has 2 aromatic carbocycles. The Morgan fingerprint density at radius 1 is 0.793 bits per heavy atom. The van der Waals surface area contributed by atoms with Crippen LogP contribution in [-0.4, -0.2) is 87.6 Å². The topological polar surface area (TPSA) is 162 Å². The number of carbonyl (C=O) groups is 2. The third kappa shape index (κ3) is 10.7. The smallest absolute Gasteiger partial charge is 0.464 e. The molecule has 1 aliphatic rings. The first kappa shape index (κ1) is 45.6. The molecular weight excluding hydrogens is 903 g/mol. The van der Waals surface area contributed by atoms with E-state index >= 15 is 0 Å². The average Bonchev–Trinajstić information content (AvgIpc) is 3.82. The van der Waals surface area contributed by atoms with E-state index in [2.05, 4.69) is 71.3 Å². The zero-order chi connectivity index (χ0) is 41.7. The number of fused-ring (bicyclic) bond motifs is 2. The van der Waals surface area contributed by atoms with Crippen LogP contribution in [0.25, 0.3) is 27.8 Å². The van der Waals surface area contributed by atoms with Gasteiger partial charge in [0.15, 0.2) is 22.7 Å². The minimum atomic E-state index is -2.95. The number of aromatic amines is 1. The molecule has 5 heterocycles. The number of benzene rings is 2. The maximum atomic E-state index is 12.5. The van der Waals surface area contributed by atoms with Gasteiger partial charge in [0.2, 0.25) is 0 Å². The number of alkyl halides is 4. The number of nitrogens with one attached hydrogen (secondary N) is 1. The van der Waals surface area contributed by atoms with E-state index in [9.17, 15) is 27.2 Å². The van der Waals surface area contributed by atoms with Crippen LogP contribution in [0.5, 0.6) is 11.5 Å². The Labute approximate surface area is 346 Å². The monoisotopic (exact) mass is 938 g/mol. The lowest BCUT2D eigenvalue weighted by atomic mass is 9.79. The number of nitrogens with zero attached hydrogens (tertiary/aromatic N) is 5. The highest BCUT2D eigenvalue weighted by molar-refractivity contribution is 9.10. The van der Waals surface area contributed by atoms with Gasteiger partial charge in [-0.25, -0.2) is 24.2 Å². The highest BCUT2D eigenvalue weighted by Gasteiger charge is 2.51. The van der Waals surface area contributed by atoms with Gasteiger partial charge in [-0.3, -0.25) is 5.10 Å². The Morgan fingerprint density at radius 3 is 1.93 bits per heavy atom. The van der Waals surface area contributed by atoms with Gasteiger partial charge in [0.25, 0.3) is 0 Å². The Hall–Kier alpha value is -5.12. The van der Waals surface area contributed by atoms with Crippen molar-refractivity contribution in [2.45, 2.75) is 59.5 Å². The van der Waals surface area contributed by atoms with Gasteiger partial charge in [0.1, 0.15) is 11.5 Å². The number of aromatic nitrogens is 6. The lowest BCUT2D eigenvalue weighted by Gasteiger charge is -2.32. The van der Waals surface area contributed by atoms with E-state index < -0.39 is 43.5 Å². The standard InChI is InChI=1S/C15H10BrF2N3O3.C13H16BBrF2O3.C8H7N3O2.CH4/c1-23-14(22)12-11-3-2-4-19-13(11)21(20-12)9-5-8(16)6-10(7-9)24-15(17)18;1-12(2)13(3,4)20-14(19-12)8-5-9(15)7-10(6-8)18-11(16)17;1-13-8(12)6-5-3-2-4-9-7(5)11-10-6;/h2-7,15H,1H3;5-7,11H,1-4H3;2-4H,1H3,(H,9,10,11);1H4. The molecular formula is C37H37BBr2F4N6O8. The SMILES string of the molecule is C.CC1(C)OB(c2cc(Br)cc(OC(F)F)c2)OC1(C)C.COC(=O)c1[nH]nc2ncccc12.COC(=O)c1nn(-c2cc(Br)cc(OC(F)F)c2)c2ncccc12. The summed E-state index contributed by atoms with van der Waals surface area (Å²) < 4.78 is 81.9. The number of pyridine rings is 2. The molecule has 1 fully saturated rings. The molecule has 0 amide bonds. The van der Waals surface area contributed by atoms with E-state index in [1.165, 1.54) is 49.4 Å². The summed E-state index contributed by atoms with van der Waals surface area (Å²) in [7, 11) is 1.96. The molecule has 1 aliphatic heterocycles. The number of hydrogen-bond acceptors (Lipinski definition) is 12. The largest absolute Gasteiger partial charge is 0.495 e. The second-order valence-corrected chi connectivity index (χ2v) is 14.6. The zero-order valence-electron chi connectivity index (χ0n) is 30.9. The Balaban J connectivity index is 0.000000199. The molecule has 4 aromatic heterocycles. The average molecular weight is 940 g/mol. The fraction of sp³-hybridized carbons (Fsp3) is 0.297. The van der Waals surface area contributed by atoms with Crippen molar-refractivity contribution >= 4 is 78.4 Å². The molecule has 6 aromatic rings. The predicted octanol–water partition coefficient (Wildman–Crippen LogP) is 8.30. The van der Waals surface area contributed by atoms with Crippen LogP contribution >= 0.6 is 31.9 Å². The van der Waals surface area contributed by atoms with Gasteiger partial charge >= 0.3 is 32.3 Å². The van der Waals surface area contributed by atoms with Gasteiger partial charge in [-0.05, 0) is 87.8 Å². The molecule has 0 saturated carbocycles. The van der Waals surface area contributed by atoms with Crippen molar-refractivity contribution in [3.63, 3.8) is 0 Å². The minimum Gasteiger partial charge on any atom is -0.464 e. The third-order valence-electron chi connectivity index (χ3n) is 8.51. The molecule has 58 heavy (non-hydrogen) atoms. The molecule has 0 radical (unpaired) electrons. The number of halogens is 6. The number of rotatable bonds is 8. The Bertz CT molecular complexity index is 2370. The summed E-state index contributed by atoms with van der Waals surface area (Å²) in [5.41, 5.74) is 1.39. The van der Waals surface area contributed by atoms with E-state index in [-0.39, 0.29) is 24.6 Å². The number of methoxy groups -OCH3 is 2. The predicted molar refractivity (Wildman–Crippen MR) is 213 cm³/mol. The number of hydrogen-bond donors (Lipinski definition) is 1. The molecule has 0 bridgehead atoms. The van der Waals surface area contributed by atoms with Crippen LogP contribution in [-0.2, 0) is 18.8 Å². The van der Waals surface area contributed by atoms with Crippen LogP contribution in [0.4, 0.5) is 17.6 Å². The van der Waals surface area contributed by atoms with E-state index in [4.69, 9.17) is 14.0 Å². The van der Waals surface area contributed by atoms with Gasteiger partial charge < -0.3 is 28.3 Å². The number of ether oxygens (including phenoxy) is 4. The molecule has 0 aliphatic carbocycles. The number of carbonyl (C=O) groups excluding carboxylic acids is 2. The number of H-pyrrole nitrogens is 1. The summed E-state index contributed by atoms with van der Waals surface area (Å²) in [6.45, 7) is 1.91. The normalized spacial score (nSPS) is 13.9. The van der Waals surface area contributed by atoms with Crippen LogP contribution < -0.4 is 14.9 Å². The van der Waals surface area contributed by atoms with Gasteiger partial charge in [-0.1, -0.05) is 39.3 Å². The first-order chi connectivity index (χ1) is 26.9. The molecule has 1 saturated heterocycles. The van der Waals surface area contributed by atoms with Crippen molar-refractivity contribution in [3.05, 3.63) is 93.4 Å². The van der Waals surface area contributed by atoms with Gasteiger partial charge in [-0.15, -0.1) is 0 Å². The Morgan fingerprint density at radius 2 is 1.34 bits per heavy atom. The summed E-state index contributed by atoms with van der Waals surface area (Å²) in [6, 6.07) is 16.0. The summed E-state index contributed by atoms with van der Waals surface area (Å²) in [4.78, 5) is 31.2. The van der Waals surface area contributed by atoms with Crippen LogP contribution in [0, 0.1) is 0 Å². The van der Waals surface area contributed by atoms with Gasteiger partial charge in [0.05, 0.1) is 41.9 Å². The van der Waals surface area contributed by atoms with Crippen molar-refractivity contribution in [3.8, 4) is 17.2 Å². The molecule has 308 valence electrons. The van der Waals surface area contributed by atoms with Crippen LogP contribution in [0.2, 0.25) is 0 Å². The molecule has 0 spiro atoms. The summed E-state index contributed by atoms with van der Waals surface area (Å²) in [5.74, 6) is -1.03. The molecule has 14 nitrogen and oxygen atoms in total. The van der Waals surface area contributed by atoms with Crippen LogP contribution in [0.3, 0.4) is 0 Å². The minimum absolute atomic E-state index is 0. The summed E-state index contributed by atoms with van der Waals surface area (Å²) in [5, 5.41) is 11.8. The van der Waals surface area contributed by atoms with E-state index in [1.54, 1.807) is 42.6 Å². The van der Waals surface area contributed by atoms with E-state index in [1.807, 2.05) is 27.7 Å². The highest BCUT2D eigenvalue weighted by Crippen LogP contribution is 2.37. The Kier molecular flexibility index (Phi) is 15.0. The summed E-state index contributed by atoms with van der Waals surface area (Å²) in [6.07, 6.45) is 3.15. The zero-order valence-corrected chi connectivity index (χ0v) is 34.1. The first-order valence-electron chi connectivity index (χ1n) is 16.6. The van der Waals surface area contributed by atoms with Crippen LogP contribution in [0.1, 0.15) is 56.1 Å². The molecule has 0 atom stereocenters. The van der Waals surface area contributed by atoms with Crippen molar-refractivity contribution in [2.24, 2.45) is 0 Å². The fourth-order valence-electron chi connectivity index (χ4n) is 5.20.